The maximum Gasteiger partial charge on any atom is 0.156 e. The van der Waals surface area contributed by atoms with Crippen LogP contribution in [-0.2, 0) is 6.42 Å². The van der Waals surface area contributed by atoms with Crippen LogP contribution in [-0.4, -0.2) is 9.97 Å². The molecule has 2 aromatic heterocycles. The molecule has 0 aliphatic heterocycles. The first-order chi connectivity index (χ1) is 8.72. The monoisotopic (exact) mass is 278 g/mol. The van der Waals surface area contributed by atoms with E-state index < -0.39 is 0 Å². The first kappa shape index (κ1) is 11.6. The number of hydrogen-bond acceptors (Lipinski definition) is 3. The number of hydrogen-bond donors (Lipinski definition) is 0. The Labute approximate surface area is 112 Å². The molecule has 0 saturated carbocycles. The number of nitrogens with zero attached hydrogens (tertiary/aromatic N) is 2. The van der Waals surface area contributed by atoms with E-state index >= 15 is 0 Å². The van der Waals surface area contributed by atoms with Crippen LogP contribution in [0.1, 0.15) is 10.6 Å². The van der Waals surface area contributed by atoms with Crippen molar-refractivity contribution in [1.82, 2.24) is 9.97 Å². The molecular formula is C13H8ClFN2S. The maximum atomic E-state index is 13.1. The average molecular weight is 279 g/mol. The summed E-state index contributed by atoms with van der Waals surface area (Å²) in [6, 6.07) is 8.42. The van der Waals surface area contributed by atoms with Crippen LogP contribution in [0, 0.1) is 5.82 Å². The van der Waals surface area contributed by atoms with E-state index in [0.717, 1.165) is 20.8 Å². The van der Waals surface area contributed by atoms with Gasteiger partial charge in [-0.1, -0.05) is 23.7 Å². The van der Waals surface area contributed by atoms with Gasteiger partial charge in [0.25, 0.3) is 0 Å². The fourth-order valence-corrected chi connectivity index (χ4v) is 3.02. The zero-order valence-electron chi connectivity index (χ0n) is 9.23. The third-order valence-electron chi connectivity index (χ3n) is 2.55. The summed E-state index contributed by atoms with van der Waals surface area (Å²) in [7, 11) is 0. The second kappa shape index (κ2) is 4.63. The lowest BCUT2D eigenvalue weighted by Gasteiger charge is -1.97. The summed E-state index contributed by atoms with van der Waals surface area (Å²) in [5.41, 5.74) is 1.62. The summed E-state index contributed by atoms with van der Waals surface area (Å²) in [6.07, 6.45) is 2.27. The summed E-state index contributed by atoms with van der Waals surface area (Å²) < 4.78 is 14.1. The van der Waals surface area contributed by atoms with Crippen molar-refractivity contribution in [3.63, 3.8) is 0 Å². The Morgan fingerprint density at radius 1 is 1.28 bits per heavy atom. The van der Waals surface area contributed by atoms with Gasteiger partial charge in [-0.25, -0.2) is 14.4 Å². The third-order valence-corrected chi connectivity index (χ3v) is 3.85. The molecule has 0 N–H and O–H groups in total. The minimum absolute atomic E-state index is 0.228. The number of fused-ring (bicyclic) bond motifs is 1. The van der Waals surface area contributed by atoms with Crippen molar-refractivity contribution >= 4 is 33.2 Å². The Balaban J connectivity index is 1.98. The molecule has 3 rings (SSSR count). The Hall–Kier alpha value is -1.52. The molecule has 0 bridgehead atoms. The van der Waals surface area contributed by atoms with Crippen molar-refractivity contribution in [2.75, 3.05) is 0 Å². The number of benzene rings is 1. The summed E-state index contributed by atoms with van der Waals surface area (Å²) in [4.78, 5) is 8.43. The fourth-order valence-electron chi connectivity index (χ4n) is 1.77. The van der Waals surface area contributed by atoms with Crippen molar-refractivity contribution in [3.05, 3.63) is 58.1 Å². The first-order valence-corrected chi connectivity index (χ1v) is 6.56. The van der Waals surface area contributed by atoms with Gasteiger partial charge in [0.15, 0.2) is 5.15 Å². The second-order valence-electron chi connectivity index (χ2n) is 3.86. The molecule has 0 fully saturated rings. The highest BCUT2D eigenvalue weighted by Gasteiger charge is 2.08. The second-order valence-corrected chi connectivity index (χ2v) is 5.34. The van der Waals surface area contributed by atoms with Crippen LogP contribution in [0.5, 0.6) is 0 Å². The SMILES string of the molecule is Fc1cccc(Cc2nc3c(Cl)nccc3s2)c1. The van der Waals surface area contributed by atoms with Gasteiger partial charge in [0.05, 0.1) is 9.71 Å². The predicted octanol–water partition coefficient (Wildman–Crippen LogP) is 4.07. The van der Waals surface area contributed by atoms with Crippen LogP contribution in [0.3, 0.4) is 0 Å². The van der Waals surface area contributed by atoms with Crippen molar-refractivity contribution in [3.8, 4) is 0 Å². The zero-order valence-corrected chi connectivity index (χ0v) is 10.8. The molecule has 0 spiro atoms. The number of halogens is 2. The van der Waals surface area contributed by atoms with Crippen LogP contribution < -0.4 is 0 Å². The molecule has 0 atom stereocenters. The molecule has 0 aliphatic rings. The average Bonchev–Trinajstić information content (AvgIpc) is 2.73. The largest absolute Gasteiger partial charge is 0.242 e. The van der Waals surface area contributed by atoms with E-state index in [-0.39, 0.29) is 5.82 Å². The smallest absolute Gasteiger partial charge is 0.156 e. The number of aromatic nitrogens is 2. The van der Waals surface area contributed by atoms with E-state index in [4.69, 9.17) is 11.6 Å². The van der Waals surface area contributed by atoms with Crippen LogP contribution in [0.25, 0.3) is 10.2 Å². The zero-order chi connectivity index (χ0) is 12.5. The van der Waals surface area contributed by atoms with Crippen molar-refractivity contribution < 1.29 is 4.39 Å². The molecule has 0 unspecified atom stereocenters. The van der Waals surface area contributed by atoms with Crippen LogP contribution in [0.2, 0.25) is 5.15 Å². The molecule has 18 heavy (non-hydrogen) atoms. The molecule has 90 valence electrons. The fraction of sp³-hybridized carbons (Fsp3) is 0.0769. The van der Waals surface area contributed by atoms with Crippen LogP contribution >= 0.6 is 22.9 Å². The van der Waals surface area contributed by atoms with Gasteiger partial charge in [-0.3, -0.25) is 0 Å². The quantitative estimate of drug-likeness (QED) is 0.660. The molecule has 2 heterocycles. The highest BCUT2D eigenvalue weighted by atomic mass is 35.5. The van der Waals surface area contributed by atoms with Gasteiger partial charge in [-0.15, -0.1) is 11.3 Å². The van der Waals surface area contributed by atoms with E-state index in [0.29, 0.717) is 11.6 Å². The summed E-state index contributed by atoms with van der Waals surface area (Å²) in [5, 5.41) is 1.32. The number of pyridine rings is 1. The van der Waals surface area contributed by atoms with Gasteiger partial charge in [0, 0.05) is 12.6 Å². The highest BCUT2D eigenvalue weighted by molar-refractivity contribution is 7.18. The van der Waals surface area contributed by atoms with Gasteiger partial charge >= 0.3 is 0 Å². The Morgan fingerprint density at radius 3 is 2.94 bits per heavy atom. The highest BCUT2D eigenvalue weighted by Crippen LogP contribution is 2.27. The normalized spacial score (nSPS) is 11.0. The van der Waals surface area contributed by atoms with Gasteiger partial charge in [0.2, 0.25) is 0 Å². The maximum absolute atomic E-state index is 13.1. The van der Waals surface area contributed by atoms with Crippen molar-refractivity contribution in [2.45, 2.75) is 6.42 Å². The van der Waals surface area contributed by atoms with Gasteiger partial charge in [-0.2, -0.15) is 0 Å². The molecule has 0 aliphatic carbocycles. The molecule has 5 heteroatoms. The number of rotatable bonds is 2. The Kier molecular flexibility index (Phi) is 2.97. The lowest BCUT2D eigenvalue weighted by molar-refractivity contribution is 0.626. The van der Waals surface area contributed by atoms with Crippen molar-refractivity contribution in [2.24, 2.45) is 0 Å². The Morgan fingerprint density at radius 2 is 2.17 bits per heavy atom. The topological polar surface area (TPSA) is 25.8 Å². The molecule has 3 aromatic rings. The molecular weight excluding hydrogens is 271 g/mol. The number of thiazole rings is 1. The molecule has 0 saturated heterocycles. The first-order valence-electron chi connectivity index (χ1n) is 5.37. The van der Waals surface area contributed by atoms with Crippen LogP contribution in [0.4, 0.5) is 4.39 Å². The third kappa shape index (κ3) is 2.21. The standard InChI is InChI=1S/C13H8ClFN2S/c14-13-12-10(4-5-16-13)18-11(17-12)7-8-2-1-3-9(15)6-8/h1-6H,7H2. The van der Waals surface area contributed by atoms with Crippen molar-refractivity contribution in [1.29, 1.82) is 0 Å². The van der Waals surface area contributed by atoms with Crippen LogP contribution in [0.15, 0.2) is 36.5 Å². The lowest BCUT2D eigenvalue weighted by Crippen LogP contribution is -1.87. The minimum atomic E-state index is -0.228. The molecule has 0 radical (unpaired) electrons. The van der Waals surface area contributed by atoms with Gasteiger partial charge in [0.1, 0.15) is 11.3 Å². The van der Waals surface area contributed by atoms with E-state index in [1.807, 2.05) is 12.1 Å². The molecule has 1 aromatic carbocycles. The minimum Gasteiger partial charge on any atom is -0.242 e. The van der Waals surface area contributed by atoms with E-state index in [9.17, 15) is 4.39 Å². The van der Waals surface area contributed by atoms with E-state index in [2.05, 4.69) is 9.97 Å². The lowest BCUT2D eigenvalue weighted by atomic mass is 10.1. The summed E-state index contributed by atoms with van der Waals surface area (Å²) in [6.45, 7) is 0. The van der Waals surface area contributed by atoms with Gasteiger partial charge < -0.3 is 0 Å². The van der Waals surface area contributed by atoms with Gasteiger partial charge in [-0.05, 0) is 23.8 Å². The predicted molar refractivity (Wildman–Crippen MR) is 71.6 cm³/mol. The van der Waals surface area contributed by atoms with E-state index in [1.54, 1.807) is 23.6 Å². The molecule has 0 amide bonds. The Bertz CT molecular complexity index is 711. The summed E-state index contributed by atoms with van der Waals surface area (Å²) >= 11 is 7.53. The summed E-state index contributed by atoms with van der Waals surface area (Å²) in [5.74, 6) is -0.228. The van der Waals surface area contributed by atoms with E-state index in [1.165, 1.54) is 12.1 Å². The molecule has 2 nitrogen and oxygen atoms in total.